The molecule has 1 N–H and O–H groups in total. The number of likely N-dealkylation sites (tertiary alicyclic amines) is 2. The van der Waals surface area contributed by atoms with Gasteiger partial charge in [0.25, 0.3) is 0 Å². The van der Waals surface area contributed by atoms with E-state index in [2.05, 4.69) is 18.7 Å². The third-order valence-corrected chi connectivity index (χ3v) is 5.07. The molecule has 2 aliphatic heterocycles. The van der Waals surface area contributed by atoms with Crippen molar-refractivity contribution in [3.8, 4) is 0 Å². The summed E-state index contributed by atoms with van der Waals surface area (Å²) < 4.78 is 0. The van der Waals surface area contributed by atoms with Crippen LogP contribution >= 0.6 is 0 Å². The van der Waals surface area contributed by atoms with Crippen LogP contribution in [0.1, 0.15) is 40.5 Å². The average molecular weight is 282 g/mol. The van der Waals surface area contributed by atoms with Crippen LogP contribution in [0.2, 0.25) is 0 Å². The molecule has 5 atom stereocenters. The Morgan fingerprint density at radius 3 is 2.10 bits per heavy atom. The summed E-state index contributed by atoms with van der Waals surface area (Å²) in [5.41, 5.74) is 0. The molecule has 0 aromatic rings. The third-order valence-electron chi connectivity index (χ3n) is 5.07. The lowest BCUT2D eigenvalue weighted by atomic mass is 9.99. The second-order valence-corrected chi connectivity index (χ2v) is 6.56. The number of carboxylic acids is 1. The van der Waals surface area contributed by atoms with Crippen LogP contribution in [-0.2, 0) is 9.59 Å². The summed E-state index contributed by atoms with van der Waals surface area (Å²) in [5, 5.41) is 9.17. The zero-order chi connectivity index (χ0) is 15.0. The number of hydrogen-bond donors (Lipinski definition) is 1. The van der Waals surface area contributed by atoms with Gasteiger partial charge in [-0.25, -0.2) is 0 Å². The van der Waals surface area contributed by atoms with Gasteiger partial charge in [-0.1, -0.05) is 6.92 Å². The fourth-order valence-corrected chi connectivity index (χ4v) is 3.84. The summed E-state index contributed by atoms with van der Waals surface area (Å²) in [7, 11) is 0. The largest absolute Gasteiger partial charge is 0.481 e. The van der Waals surface area contributed by atoms with E-state index in [1.165, 1.54) is 0 Å². The summed E-state index contributed by atoms with van der Waals surface area (Å²) in [6.07, 6.45) is 2.26. The first-order chi connectivity index (χ1) is 9.32. The summed E-state index contributed by atoms with van der Waals surface area (Å²) in [4.78, 5) is 27.8. The second-order valence-electron chi connectivity index (χ2n) is 6.56. The Morgan fingerprint density at radius 1 is 1.10 bits per heavy atom. The fraction of sp³-hybridized carbons (Fsp3) is 0.867. The minimum absolute atomic E-state index is 0.0390. The lowest BCUT2D eigenvalue weighted by Gasteiger charge is -2.34. The van der Waals surface area contributed by atoms with Gasteiger partial charge in [0.15, 0.2) is 0 Å². The summed E-state index contributed by atoms with van der Waals surface area (Å²) in [6.45, 7) is 9.13. The van der Waals surface area contributed by atoms with E-state index < -0.39 is 11.9 Å². The van der Waals surface area contributed by atoms with Crippen molar-refractivity contribution in [1.82, 2.24) is 9.80 Å². The molecule has 0 aromatic heterocycles. The lowest BCUT2D eigenvalue weighted by molar-refractivity contribution is -0.142. The maximum atomic E-state index is 12.6. The first-order valence-electron chi connectivity index (χ1n) is 7.62. The molecule has 2 fully saturated rings. The minimum atomic E-state index is -0.789. The molecule has 2 rings (SSSR count). The molecule has 2 saturated heterocycles. The Morgan fingerprint density at radius 2 is 1.65 bits per heavy atom. The number of rotatable bonds is 3. The molecule has 0 bridgehead atoms. The molecule has 0 aromatic carbocycles. The van der Waals surface area contributed by atoms with Crippen LogP contribution in [0.3, 0.4) is 0 Å². The molecule has 0 radical (unpaired) electrons. The normalized spacial score (nSPS) is 36.3. The van der Waals surface area contributed by atoms with Gasteiger partial charge in [-0.3, -0.25) is 14.5 Å². The molecule has 5 nitrogen and oxygen atoms in total. The van der Waals surface area contributed by atoms with Crippen molar-refractivity contribution in [1.29, 1.82) is 0 Å². The van der Waals surface area contributed by atoms with Crippen LogP contribution in [0.4, 0.5) is 0 Å². The molecule has 0 spiro atoms. The fourth-order valence-electron chi connectivity index (χ4n) is 3.84. The van der Waals surface area contributed by atoms with Crippen LogP contribution in [-0.4, -0.2) is 58.0 Å². The molecule has 114 valence electrons. The molecule has 0 aliphatic carbocycles. The molecule has 20 heavy (non-hydrogen) atoms. The predicted molar refractivity (Wildman–Crippen MR) is 76.3 cm³/mol. The molecular weight excluding hydrogens is 256 g/mol. The van der Waals surface area contributed by atoms with E-state index in [0.29, 0.717) is 25.2 Å². The SMILES string of the molecule is CC1CCC(C)N1C(C)C(=O)N1C[C@@H](C)[C@H](C(=O)O)C1. The number of nitrogens with zero attached hydrogens (tertiary/aromatic N) is 2. The van der Waals surface area contributed by atoms with Crippen molar-refractivity contribution < 1.29 is 14.7 Å². The monoisotopic (exact) mass is 282 g/mol. The Balaban J connectivity index is 2.03. The maximum Gasteiger partial charge on any atom is 0.308 e. The highest BCUT2D eigenvalue weighted by Gasteiger charge is 2.41. The molecular formula is C15H26N2O3. The van der Waals surface area contributed by atoms with Crippen molar-refractivity contribution in [2.75, 3.05) is 13.1 Å². The first kappa shape index (κ1) is 15.3. The zero-order valence-corrected chi connectivity index (χ0v) is 12.9. The number of hydrogen-bond acceptors (Lipinski definition) is 3. The van der Waals surface area contributed by atoms with Gasteiger partial charge in [-0.05, 0) is 39.5 Å². The van der Waals surface area contributed by atoms with E-state index in [1.807, 2.05) is 13.8 Å². The maximum absolute atomic E-state index is 12.6. The average Bonchev–Trinajstić information content (AvgIpc) is 2.91. The van der Waals surface area contributed by atoms with E-state index >= 15 is 0 Å². The Kier molecular flexibility index (Phi) is 4.37. The highest BCUT2D eigenvalue weighted by molar-refractivity contribution is 5.83. The van der Waals surface area contributed by atoms with Crippen LogP contribution in [0.5, 0.6) is 0 Å². The van der Waals surface area contributed by atoms with Crippen LogP contribution in [0.15, 0.2) is 0 Å². The van der Waals surface area contributed by atoms with Crippen LogP contribution in [0.25, 0.3) is 0 Å². The van der Waals surface area contributed by atoms with E-state index in [9.17, 15) is 9.59 Å². The van der Waals surface area contributed by atoms with Gasteiger partial charge in [0.2, 0.25) is 5.91 Å². The molecule has 2 heterocycles. The van der Waals surface area contributed by atoms with E-state index in [0.717, 1.165) is 12.8 Å². The quantitative estimate of drug-likeness (QED) is 0.850. The summed E-state index contributed by atoms with van der Waals surface area (Å²) >= 11 is 0. The van der Waals surface area contributed by atoms with E-state index in [1.54, 1.807) is 4.90 Å². The lowest BCUT2D eigenvalue weighted by Crippen LogP contribution is -2.50. The third kappa shape index (κ3) is 2.68. The first-order valence-corrected chi connectivity index (χ1v) is 7.62. The molecule has 2 aliphatic rings. The van der Waals surface area contributed by atoms with Crippen molar-refractivity contribution in [2.24, 2.45) is 11.8 Å². The highest BCUT2D eigenvalue weighted by Crippen LogP contribution is 2.29. The van der Waals surface area contributed by atoms with Crippen molar-refractivity contribution in [3.05, 3.63) is 0 Å². The van der Waals surface area contributed by atoms with Gasteiger partial charge in [0.05, 0.1) is 12.0 Å². The van der Waals surface area contributed by atoms with Crippen molar-refractivity contribution in [2.45, 2.75) is 58.7 Å². The number of carboxylic acid groups (broad SMARTS) is 1. The van der Waals surface area contributed by atoms with Gasteiger partial charge < -0.3 is 10.0 Å². The number of carbonyl (C=O) groups excluding carboxylic acids is 1. The van der Waals surface area contributed by atoms with Gasteiger partial charge in [0, 0.05) is 25.2 Å². The number of aliphatic carboxylic acids is 1. The number of amides is 1. The van der Waals surface area contributed by atoms with E-state index in [4.69, 9.17) is 5.11 Å². The zero-order valence-electron chi connectivity index (χ0n) is 12.9. The second kappa shape index (κ2) is 5.72. The molecule has 1 amide bonds. The standard InChI is InChI=1S/C15H26N2O3/c1-9-7-16(8-13(9)15(19)20)14(18)12(4)17-10(2)5-6-11(17)3/h9-13H,5-8H2,1-4H3,(H,19,20)/t9-,10?,11?,12?,13-/m1/s1. The van der Waals surface area contributed by atoms with Gasteiger partial charge >= 0.3 is 5.97 Å². The summed E-state index contributed by atoms with van der Waals surface area (Å²) in [6, 6.07) is 0.709. The van der Waals surface area contributed by atoms with Crippen molar-refractivity contribution >= 4 is 11.9 Å². The molecule has 5 heteroatoms. The van der Waals surface area contributed by atoms with E-state index in [-0.39, 0.29) is 17.9 Å². The summed E-state index contributed by atoms with van der Waals surface area (Å²) in [5.74, 6) is -1.08. The van der Waals surface area contributed by atoms with Gasteiger partial charge in [0.1, 0.15) is 0 Å². The van der Waals surface area contributed by atoms with Gasteiger partial charge in [-0.15, -0.1) is 0 Å². The Bertz CT molecular complexity index is 389. The van der Waals surface area contributed by atoms with Gasteiger partial charge in [-0.2, -0.15) is 0 Å². The number of carbonyl (C=O) groups is 2. The smallest absolute Gasteiger partial charge is 0.308 e. The predicted octanol–water partition coefficient (Wildman–Crippen LogP) is 1.43. The van der Waals surface area contributed by atoms with Crippen molar-refractivity contribution in [3.63, 3.8) is 0 Å². The Labute approximate surface area is 120 Å². The minimum Gasteiger partial charge on any atom is -0.481 e. The topological polar surface area (TPSA) is 60.9 Å². The van der Waals surface area contributed by atoms with Crippen LogP contribution < -0.4 is 0 Å². The Hall–Kier alpha value is -1.10. The highest BCUT2D eigenvalue weighted by atomic mass is 16.4. The molecule has 0 saturated carbocycles. The van der Waals surface area contributed by atoms with Crippen LogP contribution in [0, 0.1) is 11.8 Å². The molecule has 3 unspecified atom stereocenters.